The summed E-state index contributed by atoms with van der Waals surface area (Å²) >= 11 is 0. The van der Waals surface area contributed by atoms with Gasteiger partial charge in [0, 0.05) is 42.1 Å². The Bertz CT molecular complexity index is 1220. The molecule has 4 aromatic rings. The van der Waals surface area contributed by atoms with E-state index in [0.717, 1.165) is 28.6 Å². The average molecular weight is 438 g/mol. The molecular formula is C23H21F3N6. The maximum Gasteiger partial charge on any atom is 0.416 e. The van der Waals surface area contributed by atoms with Crippen LogP contribution in [0.2, 0.25) is 0 Å². The summed E-state index contributed by atoms with van der Waals surface area (Å²) in [6.45, 7) is 3.78. The first-order valence-electron chi connectivity index (χ1n) is 9.90. The van der Waals surface area contributed by atoms with Crippen LogP contribution >= 0.6 is 0 Å². The van der Waals surface area contributed by atoms with Crippen molar-refractivity contribution in [3.05, 3.63) is 89.6 Å². The number of benzene rings is 2. The molecule has 2 N–H and O–H groups in total. The van der Waals surface area contributed by atoms with E-state index >= 15 is 0 Å². The van der Waals surface area contributed by atoms with Crippen LogP contribution in [-0.4, -0.2) is 19.5 Å². The van der Waals surface area contributed by atoms with Crippen LogP contribution in [0.5, 0.6) is 0 Å². The monoisotopic (exact) mass is 438 g/mol. The highest BCUT2D eigenvalue weighted by Gasteiger charge is 2.32. The molecular weight excluding hydrogens is 417 g/mol. The number of anilines is 3. The van der Waals surface area contributed by atoms with Gasteiger partial charge < -0.3 is 15.2 Å². The third kappa shape index (κ3) is 4.72. The molecule has 9 heteroatoms. The molecule has 0 unspecified atom stereocenters. The van der Waals surface area contributed by atoms with Gasteiger partial charge in [0.05, 0.1) is 11.9 Å². The second kappa shape index (κ2) is 8.70. The van der Waals surface area contributed by atoms with Gasteiger partial charge in [0.2, 0.25) is 5.95 Å². The highest BCUT2D eigenvalue weighted by Crippen LogP contribution is 2.32. The van der Waals surface area contributed by atoms with E-state index in [1.807, 2.05) is 35.9 Å². The highest BCUT2D eigenvalue weighted by molar-refractivity contribution is 5.60. The lowest BCUT2D eigenvalue weighted by Gasteiger charge is -2.15. The Balaban J connectivity index is 1.51. The van der Waals surface area contributed by atoms with Crippen molar-refractivity contribution >= 4 is 17.5 Å². The summed E-state index contributed by atoms with van der Waals surface area (Å²) in [6.07, 6.45) is 2.53. The summed E-state index contributed by atoms with van der Waals surface area (Å²) < 4.78 is 41.6. The molecule has 0 radical (unpaired) electrons. The molecule has 0 spiro atoms. The third-order valence-electron chi connectivity index (χ3n) is 4.98. The number of halogens is 3. The van der Waals surface area contributed by atoms with E-state index in [9.17, 15) is 13.2 Å². The van der Waals surface area contributed by atoms with Crippen LogP contribution in [0.25, 0.3) is 5.69 Å². The molecule has 164 valence electrons. The molecule has 0 aliphatic heterocycles. The molecule has 4 rings (SSSR count). The number of nitrogens with zero attached hydrogens (tertiary/aromatic N) is 4. The predicted molar refractivity (Wildman–Crippen MR) is 117 cm³/mol. The molecule has 2 aromatic carbocycles. The van der Waals surface area contributed by atoms with Crippen LogP contribution in [0.1, 0.15) is 22.3 Å². The number of nitrogens with one attached hydrogen (secondary N) is 2. The minimum atomic E-state index is -4.41. The second-order valence-corrected chi connectivity index (χ2v) is 7.33. The lowest BCUT2D eigenvalue weighted by Crippen LogP contribution is -2.13. The van der Waals surface area contributed by atoms with Crippen molar-refractivity contribution in [1.29, 1.82) is 0 Å². The summed E-state index contributed by atoms with van der Waals surface area (Å²) in [6, 6.07) is 11.3. The molecule has 0 saturated heterocycles. The fourth-order valence-electron chi connectivity index (χ4n) is 3.36. The van der Waals surface area contributed by atoms with E-state index < -0.39 is 11.7 Å². The first-order valence-corrected chi connectivity index (χ1v) is 9.90. The first-order chi connectivity index (χ1) is 15.3. The largest absolute Gasteiger partial charge is 0.416 e. The molecule has 32 heavy (non-hydrogen) atoms. The lowest BCUT2D eigenvalue weighted by atomic mass is 10.1. The summed E-state index contributed by atoms with van der Waals surface area (Å²) in [5.41, 5.74) is 3.05. The number of hydrogen-bond donors (Lipinski definition) is 2. The summed E-state index contributed by atoms with van der Waals surface area (Å²) in [5, 5.41) is 6.16. The van der Waals surface area contributed by atoms with Crippen molar-refractivity contribution in [2.75, 3.05) is 10.6 Å². The molecule has 0 atom stereocenters. The van der Waals surface area contributed by atoms with E-state index in [2.05, 4.69) is 25.6 Å². The third-order valence-corrected chi connectivity index (χ3v) is 4.98. The van der Waals surface area contributed by atoms with Crippen molar-refractivity contribution in [2.24, 2.45) is 0 Å². The Kier molecular flexibility index (Phi) is 5.81. The van der Waals surface area contributed by atoms with Gasteiger partial charge in [-0.25, -0.2) is 9.97 Å². The molecule has 6 nitrogen and oxygen atoms in total. The Morgan fingerprint density at radius 1 is 1.03 bits per heavy atom. The van der Waals surface area contributed by atoms with Crippen LogP contribution in [0, 0.1) is 13.8 Å². The molecule has 0 aliphatic rings. The van der Waals surface area contributed by atoms with Crippen LogP contribution in [0.4, 0.5) is 30.6 Å². The van der Waals surface area contributed by atoms with E-state index in [0.29, 0.717) is 11.8 Å². The zero-order valence-electron chi connectivity index (χ0n) is 17.5. The van der Waals surface area contributed by atoms with Crippen molar-refractivity contribution in [1.82, 2.24) is 19.5 Å². The van der Waals surface area contributed by atoms with E-state index in [1.54, 1.807) is 31.7 Å². The summed E-state index contributed by atoms with van der Waals surface area (Å²) in [5.74, 6) is 0.809. The second-order valence-electron chi connectivity index (χ2n) is 7.33. The summed E-state index contributed by atoms with van der Waals surface area (Å²) in [7, 11) is 0. The molecule has 0 fully saturated rings. The van der Waals surface area contributed by atoms with Gasteiger partial charge in [-0.3, -0.25) is 0 Å². The quantitative estimate of drug-likeness (QED) is 0.407. The lowest BCUT2D eigenvalue weighted by molar-refractivity contribution is -0.138. The normalized spacial score (nSPS) is 11.4. The highest BCUT2D eigenvalue weighted by atomic mass is 19.4. The Morgan fingerprint density at radius 2 is 1.84 bits per heavy atom. The van der Waals surface area contributed by atoms with Gasteiger partial charge in [0.1, 0.15) is 5.82 Å². The number of alkyl halides is 3. The van der Waals surface area contributed by atoms with Crippen molar-refractivity contribution < 1.29 is 13.2 Å². The van der Waals surface area contributed by atoms with Gasteiger partial charge in [-0.2, -0.15) is 18.2 Å². The maximum absolute atomic E-state index is 13.2. The minimum Gasteiger partial charge on any atom is -0.366 e. The van der Waals surface area contributed by atoms with E-state index in [4.69, 9.17) is 0 Å². The Labute approximate surface area is 183 Å². The Morgan fingerprint density at radius 3 is 2.56 bits per heavy atom. The zero-order valence-corrected chi connectivity index (χ0v) is 17.5. The van der Waals surface area contributed by atoms with Crippen LogP contribution in [0.3, 0.4) is 0 Å². The van der Waals surface area contributed by atoms with Gasteiger partial charge in [-0.05, 0) is 49.2 Å². The molecule has 0 bridgehead atoms. The molecule has 2 aromatic heterocycles. The number of aromatic nitrogens is 4. The van der Waals surface area contributed by atoms with Crippen molar-refractivity contribution in [3.63, 3.8) is 0 Å². The molecule has 0 saturated carbocycles. The smallest absolute Gasteiger partial charge is 0.366 e. The average Bonchev–Trinajstić information content (AvgIpc) is 3.28. The SMILES string of the molecule is Cc1cc(Nc2ncc(C)c(NCc3ccccc3C(F)(F)F)n2)ccc1-n1ccnc1. The fourth-order valence-corrected chi connectivity index (χ4v) is 3.36. The van der Waals surface area contributed by atoms with Gasteiger partial charge in [-0.1, -0.05) is 18.2 Å². The van der Waals surface area contributed by atoms with Crippen LogP contribution in [0.15, 0.2) is 67.4 Å². The zero-order chi connectivity index (χ0) is 22.7. The van der Waals surface area contributed by atoms with Crippen molar-refractivity contribution in [3.8, 4) is 5.69 Å². The topological polar surface area (TPSA) is 67.7 Å². The Hall–Kier alpha value is -3.88. The standard InChI is InChI=1S/C23H21F3N6/c1-15-11-18(7-8-20(15)32-10-9-27-14-32)30-22-29-12-16(2)21(31-22)28-13-17-5-3-4-6-19(17)23(24,25)26/h3-12,14H,13H2,1-2H3,(H2,28,29,30,31). The van der Waals surface area contributed by atoms with Gasteiger partial charge in [0.25, 0.3) is 0 Å². The van der Waals surface area contributed by atoms with Crippen LogP contribution in [-0.2, 0) is 12.7 Å². The van der Waals surface area contributed by atoms with Gasteiger partial charge >= 0.3 is 6.18 Å². The van der Waals surface area contributed by atoms with E-state index in [1.165, 1.54) is 12.1 Å². The van der Waals surface area contributed by atoms with Crippen LogP contribution < -0.4 is 10.6 Å². The number of aryl methyl sites for hydroxylation is 2. The minimum absolute atomic E-state index is 0.00825. The molecule has 0 amide bonds. The van der Waals surface area contributed by atoms with Gasteiger partial charge in [-0.15, -0.1) is 0 Å². The maximum atomic E-state index is 13.2. The first kappa shape index (κ1) is 21.4. The fraction of sp³-hybridized carbons (Fsp3) is 0.174. The molecule has 2 heterocycles. The predicted octanol–water partition coefficient (Wildman–Crippen LogP) is 5.65. The number of rotatable bonds is 6. The molecule has 0 aliphatic carbocycles. The van der Waals surface area contributed by atoms with Crippen molar-refractivity contribution in [2.45, 2.75) is 26.6 Å². The number of imidazole rings is 1. The number of hydrogen-bond acceptors (Lipinski definition) is 5. The summed E-state index contributed by atoms with van der Waals surface area (Å²) in [4.78, 5) is 12.8. The van der Waals surface area contributed by atoms with Gasteiger partial charge in [0.15, 0.2) is 0 Å². The van der Waals surface area contributed by atoms with E-state index in [-0.39, 0.29) is 12.1 Å².